The first-order chi connectivity index (χ1) is 9.13. The molecule has 0 aliphatic carbocycles. The second-order valence-electron chi connectivity index (χ2n) is 4.46. The molecular weight excluding hydrogens is 241 g/mol. The van der Waals surface area contributed by atoms with Gasteiger partial charge in [0.25, 0.3) is 0 Å². The Bertz CT molecular complexity index is 751. The lowest BCUT2D eigenvalue weighted by atomic mass is 10.1. The molecule has 94 valence electrons. The number of fused-ring (bicyclic) bond motifs is 1. The monoisotopic (exact) mass is 253 g/mol. The molecule has 0 bridgehead atoms. The third kappa shape index (κ3) is 2.12. The van der Waals surface area contributed by atoms with E-state index in [0.29, 0.717) is 11.6 Å². The Balaban J connectivity index is 2.20. The van der Waals surface area contributed by atoms with Crippen molar-refractivity contribution in [2.75, 3.05) is 5.73 Å². The SMILES string of the molecule is Cc1ccc2nc(-c3ccc(F)cc3)nc(N)c2c1. The topological polar surface area (TPSA) is 51.8 Å². The highest BCUT2D eigenvalue weighted by molar-refractivity contribution is 5.90. The Kier molecular flexibility index (Phi) is 2.63. The highest BCUT2D eigenvalue weighted by Gasteiger charge is 2.07. The number of aromatic nitrogens is 2. The van der Waals surface area contributed by atoms with Crippen LogP contribution >= 0.6 is 0 Å². The third-order valence-electron chi connectivity index (χ3n) is 2.98. The Morgan fingerprint density at radius 1 is 1.00 bits per heavy atom. The third-order valence-corrected chi connectivity index (χ3v) is 2.98. The molecule has 2 aromatic carbocycles. The lowest BCUT2D eigenvalue weighted by molar-refractivity contribution is 0.628. The van der Waals surface area contributed by atoms with E-state index in [0.717, 1.165) is 22.0 Å². The largest absolute Gasteiger partial charge is 0.383 e. The van der Waals surface area contributed by atoms with Crippen molar-refractivity contribution in [1.29, 1.82) is 0 Å². The molecule has 0 radical (unpaired) electrons. The summed E-state index contributed by atoms with van der Waals surface area (Å²) in [7, 11) is 0. The summed E-state index contributed by atoms with van der Waals surface area (Å²) in [6, 6.07) is 11.9. The molecule has 0 amide bonds. The average Bonchev–Trinajstić information content (AvgIpc) is 2.40. The summed E-state index contributed by atoms with van der Waals surface area (Å²) in [5.74, 6) is 0.662. The minimum atomic E-state index is -0.284. The van der Waals surface area contributed by atoms with Crippen LogP contribution in [0.15, 0.2) is 42.5 Å². The van der Waals surface area contributed by atoms with Gasteiger partial charge >= 0.3 is 0 Å². The van der Waals surface area contributed by atoms with Gasteiger partial charge in [0, 0.05) is 10.9 Å². The molecule has 0 fully saturated rings. The second kappa shape index (κ2) is 4.31. The Morgan fingerprint density at radius 2 is 1.74 bits per heavy atom. The normalized spacial score (nSPS) is 10.8. The zero-order valence-electron chi connectivity index (χ0n) is 10.4. The van der Waals surface area contributed by atoms with E-state index in [2.05, 4.69) is 9.97 Å². The maximum atomic E-state index is 12.9. The van der Waals surface area contributed by atoms with E-state index in [9.17, 15) is 4.39 Å². The first-order valence-corrected chi connectivity index (χ1v) is 5.93. The number of anilines is 1. The molecular formula is C15H12FN3. The van der Waals surface area contributed by atoms with Crippen molar-refractivity contribution in [1.82, 2.24) is 9.97 Å². The fraction of sp³-hybridized carbons (Fsp3) is 0.0667. The molecule has 0 spiro atoms. The number of hydrogen-bond donors (Lipinski definition) is 1. The van der Waals surface area contributed by atoms with Gasteiger partial charge in [-0.1, -0.05) is 11.6 Å². The average molecular weight is 253 g/mol. The first kappa shape index (κ1) is 11.6. The predicted molar refractivity (Wildman–Crippen MR) is 74.1 cm³/mol. The van der Waals surface area contributed by atoms with E-state index >= 15 is 0 Å². The van der Waals surface area contributed by atoms with Crippen LogP contribution in [0, 0.1) is 12.7 Å². The van der Waals surface area contributed by atoms with Crippen LogP contribution in [0.4, 0.5) is 10.2 Å². The smallest absolute Gasteiger partial charge is 0.162 e. The van der Waals surface area contributed by atoms with Crippen LogP contribution in [0.25, 0.3) is 22.3 Å². The van der Waals surface area contributed by atoms with Gasteiger partial charge in [0.2, 0.25) is 0 Å². The van der Waals surface area contributed by atoms with Gasteiger partial charge in [-0.3, -0.25) is 0 Å². The van der Waals surface area contributed by atoms with Crippen LogP contribution in [0.1, 0.15) is 5.56 Å². The molecule has 3 rings (SSSR count). The minimum absolute atomic E-state index is 0.284. The maximum absolute atomic E-state index is 12.9. The fourth-order valence-corrected chi connectivity index (χ4v) is 1.99. The van der Waals surface area contributed by atoms with E-state index in [4.69, 9.17) is 5.73 Å². The van der Waals surface area contributed by atoms with Crippen molar-refractivity contribution in [2.24, 2.45) is 0 Å². The number of nitrogens with two attached hydrogens (primary N) is 1. The van der Waals surface area contributed by atoms with E-state index < -0.39 is 0 Å². The van der Waals surface area contributed by atoms with Crippen molar-refractivity contribution in [3.8, 4) is 11.4 Å². The number of hydrogen-bond acceptors (Lipinski definition) is 3. The molecule has 19 heavy (non-hydrogen) atoms. The number of rotatable bonds is 1. The van der Waals surface area contributed by atoms with E-state index in [1.54, 1.807) is 12.1 Å². The van der Waals surface area contributed by atoms with Gasteiger partial charge < -0.3 is 5.73 Å². The lowest BCUT2D eigenvalue weighted by Crippen LogP contribution is -1.98. The number of aryl methyl sites for hydroxylation is 1. The van der Waals surface area contributed by atoms with Gasteiger partial charge in [0.15, 0.2) is 5.82 Å². The van der Waals surface area contributed by atoms with Crippen LogP contribution in [0.5, 0.6) is 0 Å². The zero-order valence-corrected chi connectivity index (χ0v) is 10.4. The summed E-state index contributed by atoms with van der Waals surface area (Å²) >= 11 is 0. The van der Waals surface area contributed by atoms with Gasteiger partial charge in [0.1, 0.15) is 11.6 Å². The molecule has 0 unspecified atom stereocenters. The van der Waals surface area contributed by atoms with Gasteiger partial charge in [0.05, 0.1) is 5.52 Å². The quantitative estimate of drug-likeness (QED) is 0.723. The van der Waals surface area contributed by atoms with Crippen LogP contribution in [-0.4, -0.2) is 9.97 Å². The molecule has 0 saturated heterocycles. The Labute approximate surface area is 109 Å². The number of nitrogens with zero attached hydrogens (tertiary/aromatic N) is 2. The van der Waals surface area contributed by atoms with Crippen molar-refractivity contribution in [3.05, 3.63) is 53.8 Å². The lowest BCUT2D eigenvalue weighted by Gasteiger charge is -2.06. The molecule has 0 atom stereocenters. The number of benzene rings is 2. The van der Waals surface area contributed by atoms with Gasteiger partial charge in [-0.15, -0.1) is 0 Å². The van der Waals surface area contributed by atoms with Crippen molar-refractivity contribution in [3.63, 3.8) is 0 Å². The van der Waals surface area contributed by atoms with E-state index in [1.165, 1.54) is 12.1 Å². The molecule has 1 heterocycles. The number of halogens is 1. The molecule has 0 aliphatic rings. The van der Waals surface area contributed by atoms with Gasteiger partial charge in [-0.25, -0.2) is 14.4 Å². The minimum Gasteiger partial charge on any atom is -0.383 e. The highest BCUT2D eigenvalue weighted by Crippen LogP contribution is 2.24. The van der Waals surface area contributed by atoms with E-state index in [-0.39, 0.29) is 5.82 Å². The van der Waals surface area contributed by atoms with E-state index in [1.807, 2.05) is 25.1 Å². The summed E-state index contributed by atoms with van der Waals surface area (Å²) < 4.78 is 12.9. The van der Waals surface area contributed by atoms with Gasteiger partial charge in [-0.05, 0) is 43.3 Å². The molecule has 1 aromatic heterocycles. The first-order valence-electron chi connectivity index (χ1n) is 5.93. The van der Waals surface area contributed by atoms with Crippen molar-refractivity contribution >= 4 is 16.7 Å². The van der Waals surface area contributed by atoms with Crippen LogP contribution in [0.2, 0.25) is 0 Å². The molecule has 4 heteroatoms. The molecule has 3 aromatic rings. The summed E-state index contributed by atoms with van der Waals surface area (Å²) in [5, 5.41) is 0.839. The van der Waals surface area contributed by atoms with Gasteiger partial charge in [-0.2, -0.15) is 0 Å². The summed E-state index contributed by atoms with van der Waals surface area (Å²) in [4.78, 5) is 8.75. The molecule has 0 saturated carbocycles. The van der Waals surface area contributed by atoms with Crippen LogP contribution in [-0.2, 0) is 0 Å². The summed E-state index contributed by atoms with van der Waals surface area (Å²) in [6.07, 6.45) is 0. The number of nitrogen functional groups attached to an aromatic ring is 1. The van der Waals surface area contributed by atoms with Crippen molar-refractivity contribution < 1.29 is 4.39 Å². The van der Waals surface area contributed by atoms with Crippen molar-refractivity contribution in [2.45, 2.75) is 6.92 Å². The molecule has 0 aliphatic heterocycles. The van der Waals surface area contributed by atoms with Crippen LogP contribution < -0.4 is 5.73 Å². The standard InChI is InChI=1S/C15H12FN3/c1-9-2-7-13-12(8-9)14(17)19-15(18-13)10-3-5-11(16)6-4-10/h2-8H,1H3,(H2,17,18,19). The summed E-state index contributed by atoms with van der Waals surface area (Å²) in [5.41, 5.74) is 8.61. The highest BCUT2D eigenvalue weighted by atomic mass is 19.1. The Morgan fingerprint density at radius 3 is 2.47 bits per heavy atom. The predicted octanol–water partition coefficient (Wildman–Crippen LogP) is 3.33. The molecule has 2 N–H and O–H groups in total. The summed E-state index contributed by atoms with van der Waals surface area (Å²) in [6.45, 7) is 1.99. The molecule has 3 nitrogen and oxygen atoms in total. The fourth-order valence-electron chi connectivity index (χ4n) is 1.99. The van der Waals surface area contributed by atoms with Crippen LogP contribution in [0.3, 0.4) is 0 Å². The second-order valence-corrected chi connectivity index (χ2v) is 4.46. The zero-order chi connectivity index (χ0) is 13.4. The maximum Gasteiger partial charge on any atom is 0.162 e. The Hall–Kier alpha value is -2.49.